The van der Waals surface area contributed by atoms with Crippen LogP contribution in [0.15, 0.2) is 54.9 Å². The molecule has 5 rings (SSSR count). The van der Waals surface area contributed by atoms with Crippen LogP contribution in [0.3, 0.4) is 0 Å². The Kier molecular flexibility index (Phi) is 7.84. The molecule has 0 bridgehead atoms. The first-order valence-corrected chi connectivity index (χ1v) is 12.9. The number of alkyl halides is 3. The number of fused-ring (bicyclic) bond motifs is 1. The Morgan fingerprint density at radius 2 is 1.68 bits per heavy atom. The number of hydrogen-bond acceptors (Lipinski definition) is 4. The van der Waals surface area contributed by atoms with E-state index < -0.39 is 41.9 Å². The lowest BCUT2D eigenvalue weighted by Crippen LogP contribution is -2.33. The molecule has 2 aromatic heterocycles. The minimum absolute atomic E-state index is 0.131. The Labute approximate surface area is 231 Å². The molecule has 2 heterocycles. The molecule has 1 atom stereocenters. The predicted octanol–water partition coefficient (Wildman–Crippen LogP) is 6.12. The van der Waals surface area contributed by atoms with Crippen LogP contribution < -0.4 is 5.32 Å². The Bertz CT molecular complexity index is 1520. The van der Waals surface area contributed by atoms with Gasteiger partial charge in [-0.3, -0.25) is 19.4 Å². The van der Waals surface area contributed by atoms with E-state index in [9.17, 15) is 26.7 Å². The molecule has 12 heteroatoms. The van der Waals surface area contributed by atoms with Crippen molar-refractivity contribution in [3.05, 3.63) is 99.7 Å². The fraction of sp³-hybridized carbons (Fsp3) is 0.286. The minimum atomic E-state index is -4.63. The number of nitrogens with zero attached hydrogens (tertiary/aromatic N) is 4. The van der Waals surface area contributed by atoms with Gasteiger partial charge in [0.2, 0.25) is 5.91 Å². The van der Waals surface area contributed by atoms with Crippen molar-refractivity contribution in [3.63, 3.8) is 0 Å². The molecular weight excluding hydrogens is 553 g/mol. The maximum absolute atomic E-state index is 14.2. The van der Waals surface area contributed by atoms with Crippen molar-refractivity contribution < 1.29 is 26.7 Å². The lowest BCUT2D eigenvalue weighted by Gasteiger charge is -2.21. The van der Waals surface area contributed by atoms with Gasteiger partial charge in [0.1, 0.15) is 18.2 Å². The van der Waals surface area contributed by atoms with Gasteiger partial charge in [-0.25, -0.2) is 8.78 Å². The van der Waals surface area contributed by atoms with Crippen LogP contribution in [0.2, 0.25) is 5.02 Å². The van der Waals surface area contributed by atoms with E-state index >= 15 is 0 Å². The zero-order valence-electron chi connectivity index (χ0n) is 21.0. The van der Waals surface area contributed by atoms with Gasteiger partial charge >= 0.3 is 6.18 Å². The van der Waals surface area contributed by atoms with Crippen LogP contribution in [0.4, 0.5) is 22.0 Å². The first kappa shape index (κ1) is 27.7. The Morgan fingerprint density at radius 1 is 1.00 bits per heavy atom. The molecule has 0 saturated heterocycles. The summed E-state index contributed by atoms with van der Waals surface area (Å²) in [7, 11) is 0. The van der Waals surface area contributed by atoms with E-state index in [1.54, 1.807) is 24.3 Å². The van der Waals surface area contributed by atoms with Crippen LogP contribution in [0, 0.1) is 11.6 Å². The molecule has 0 saturated carbocycles. The lowest BCUT2D eigenvalue weighted by atomic mass is 9.91. The van der Waals surface area contributed by atoms with E-state index in [-0.39, 0.29) is 24.1 Å². The van der Waals surface area contributed by atoms with Crippen LogP contribution in [-0.2, 0) is 30.4 Å². The quantitative estimate of drug-likeness (QED) is 0.270. The summed E-state index contributed by atoms with van der Waals surface area (Å²) in [5.41, 5.74) is 1.16. The molecule has 6 nitrogen and oxygen atoms in total. The van der Waals surface area contributed by atoms with Gasteiger partial charge in [0.25, 0.3) is 0 Å². The van der Waals surface area contributed by atoms with Crippen LogP contribution in [0.25, 0.3) is 11.3 Å². The smallest absolute Gasteiger partial charge is 0.353 e. The third-order valence-corrected chi connectivity index (χ3v) is 7.04. The summed E-state index contributed by atoms with van der Waals surface area (Å²) in [6, 6.07) is 9.77. The van der Waals surface area contributed by atoms with E-state index in [2.05, 4.69) is 20.4 Å². The fourth-order valence-electron chi connectivity index (χ4n) is 5.02. The van der Waals surface area contributed by atoms with Gasteiger partial charge in [-0.05, 0) is 55.5 Å². The lowest BCUT2D eigenvalue weighted by molar-refractivity contribution is -0.142. The highest BCUT2D eigenvalue weighted by atomic mass is 35.5. The number of halogens is 6. The normalized spacial score (nSPS) is 14.1. The summed E-state index contributed by atoms with van der Waals surface area (Å²) >= 11 is 6.02. The van der Waals surface area contributed by atoms with E-state index in [4.69, 9.17) is 11.6 Å². The predicted molar refractivity (Wildman–Crippen MR) is 138 cm³/mol. The zero-order valence-corrected chi connectivity index (χ0v) is 21.7. The largest absolute Gasteiger partial charge is 0.435 e. The van der Waals surface area contributed by atoms with Crippen LogP contribution in [0.1, 0.15) is 47.0 Å². The molecule has 0 aliphatic heterocycles. The summed E-state index contributed by atoms with van der Waals surface area (Å²) in [5, 5.41) is 6.92. The Balaban J connectivity index is 1.45. The molecule has 208 valence electrons. The maximum atomic E-state index is 14.2. The van der Waals surface area contributed by atoms with Crippen LogP contribution in [-0.4, -0.2) is 32.2 Å². The van der Waals surface area contributed by atoms with Crippen molar-refractivity contribution in [2.75, 3.05) is 6.54 Å². The number of carbonyl (C=O) groups excluding carboxylic acids is 1. The van der Waals surface area contributed by atoms with Crippen molar-refractivity contribution in [1.29, 1.82) is 0 Å². The Morgan fingerprint density at radius 3 is 2.38 bits per heavy atom. The molecule has 0 spiro atoms. The number of carbonyl (C=O) groups is 1. The van der Waals surface area contributed by atoms with Crippen molar-refractivity contribution in [1.82, 2.24) is 25.1 Å². The first-order chi connectivity index (χ1) is 19.1. The molecule has 1 aliphatic carbocycles. The summed E-state index contributed by atoms with van der Waals surface area (Å²) in [4.78, 5) is 21.8. The number of amides is 1. The summed E-state index contributed by atoms with van der Waals surface area (Å²) in [6.45, 7) is -0.594. The molecule has 1 aliphatic rings. The van der Waals surface area contributed by atoms with Crippen molar-refractivity contribution in [2.45, 2.75) is 44.3 Å². The third kappa shape index (κ3) is 5.99. The van der Waals surface area contributed by atoms with Gasteiger partial charge in [0.15, 0.2) is 5.69 Å². The zero-order chi connectivity index (χ0) is 28.4. The average Bonchev–Trinajstić information content (AvgIpc) is 3.28. The van der Waals surface area contributed by atoms with Gasteiger partial charge < -0.3 is 5.32 Å². The highest BCUT2D eigenvalue weighted by Gasteiger charge is 2.39. The van der Waals surface area contributed by atoms with E-state index in [0.29, 0.717) is 46.9 Å². The van der Waals surface area contributed by atoms with Crippen LogP contribution >= 0.6 is 11.6 Å². The van der Waals surface area contributed by atoms with Crippen molar-refractivity contribution in [2.24, 2.45) is 0 Å². The van der Waals surface area contributed by atoms with E-state index in [1.807, 2.05) is 0 Å². The van der Waals surface area contributed by atoms with Crippen molar-refractivity contribution in [3.8, 4) is 11.3 Å². The number of nitrogens with one attached hydrogen (secondary N) is 1. The molecule has 1 amide bonds. The second kappa shape index (κ2) is 11.3. The molecular formula is C28H23ClF5N5O. The van der Waals surface area contributed by atoms with Crippen molar-refractivity contribution >= 4 is 17.5 Å². The molecule has 0 fully saturated rings. The van der Waals surface area contributed by atoms with E-state index in [1.165, 1.54) is 12.4 Å². The molecule has 4 aromatic rings. The minimum Gasteiger partial charge on any atom is -0.353 e. The number of benzene rings is 2. The topological polar surface area (TPSA) is 72.7 Å². The third-order valence-electron chi connectivity index (χ3n) is 6.78. The molecule has 1 unspecified atom stereocenters. The van der Waals surface area contributed by atoms with E-state index in [0.717, 1.165) is 22.9 Å². The highest BCUT2D eigenvalue weighted by Crippen LogP contribution is 2.36. The fourth-order valence-corrected chi connectivity index (χ4v) is 5.15. The SMILES string of the molecule is O=C(Cn1nc(C(F)(F)F)c2c1CCCC2)NCC(c1cc(F)cc(F)c1)c1nccnc1-c1ccc(Cl)cc1. The number of hydrogen-bond donors (Lipinski definition) is 1. The molecule has 2 aromatic carbocycles. The van der Waals surface area contributed by atoms with Gasteiger partial charge in [-0.2, -0.15) is 18.3 Å². The number of aromatic nitrogens is 4. The standard InChI is InChI=1S/C28H23ClF5N5O/c29-18-7-5-16(6-8-18)25-26(36-10-9-35-25)22(17-11-19(30)13-20(31)12-17)14-37-24(40)15-39-23-4-2-1-3-21(23)27(38-39)28(32,33)34/h5-13,22H,1-4,14-15H2,(H,37,40). The summed E-state index contributed by atoms with van der Waals surface area (Å²) in [5.74, 6) is -3.08. The first-order valence-electron chi connectivity index (χ1n) is 12.6. The second-order valence-corrected chi connectivity index (χ2v) is 9.93. The van der Waals surface area contributed by atoms with Gasteiger partial charge in [0, 0.05) is 52.8 Å². The molecule has 40 heavy (non-hydrogen) atoms. The van der Waals surface area contributed by atoms with Gasteiger partial charge in [-0.15, -0.1) is 0 Å². The highest BCUT2D eigenvalue weighted by molar-refractivity contribution is 6.30. The summed E-state index contributed by atoms with van der Waals surface area (Å²) < 4.78 is 70.3. The average molecular weight is 576 g/mol. The summed E-state index contributed by atoms with van der Waals surface area (Å²) in [6.07, 6.45) is 0.223. The molecule has 0 radical (unpaired) electrons. The van der Waals surface area contributed by atoms with Gasteiger partial charge in [0.05, 0.1) is 11.4 Å². The Hall–Kier alpha value is -3.86. The molecule has 1 N–H and O–H groups in total. The maximum Gasteiger partial charge on any atom is 0.435 e. The van der Waals surface area contributed by atoms with Gasteiger partial charge in [-0.1, -0.05) is 23.7 Å². The monoisotopic (exact) mass is 575 g/mol. The second-order valence-electron chi connectivity index (χ2n) is 9.49. The van der Waals surface area contributed by atoms with Crippen LogP contribution in [0.5, 0.6) is 0 Å². The number of rotatable bonds is 7.